The van der Waals surface area contributed by atoms with Gasteiger partial charge in [-0.25, -0.2) is 0 Å². The molecule has 0 spiro atoms. The van der Waals surface area contributed by atoms with Crippen molar-refractivity contribution in [2.45, 2.75) is 262 Å². The molecule has 0 aromatic rings. The van der Waals surface area contributed by atoms with Gasteiger partial charge in [0.2, 0.25) is 0 Å². The van der Waals surface area contributed by atoms with Gasteiger partial charge in [0.25, 0.3) is 0 Å². The zero-order valence-corrected chi connectivity index (χ0v) is 52.6. The zero-order valence-electron chi connectivity index (χ0n) is 50.4. The first kappa shape index (κ1) is 61.4. The molecule has 8 N–H and O–H groups in total. The van der Waals surface area contributed by atoms with Crippen LogP contribution in [-0.4, -0.2) is 68.2 Å². The van der Waals surface area contributed by atoms with Crippen molar-refractivity contribution in [1.29, 1.82) is 0 Å². The number of allylic oxidation sites excluding steroid dienone is 4. The van der Waals surface area contributed by atoms with Crippen LogP contribution >= 0.6 is 0 Å². The maximum Gasteiger partial charge on any atom is 0.309 e. The van der Waals surface area contributed by atoms with Gasteiger partial charge in [0.05, 0.1) is 23.0 Å². The minimum absolute atomic E-state index is 0. The molecule has 77 heavy (non-hydrogen) atoms. The van der Waals surface area contributed by atoms with Gasteiger partial charge < -0.3 is 31.9 Å². The first-order valence-electron chi connectivity index (χ1n) is 30.8. The van der Waals surface area contributed by atoms with Gasteiger partial charge in [-0.3, -0.25) is 19.2 Å². The molecule has 4 unspecified atom stereocenters. The van der Waals surface area contributed by atoms with Crippen LogP contribution in [0.5, 0.6) is 0 Å². The molecule has 11 rings (SSSR count). The Kier molecular flexibility index (Phi) is 15.7. The number of ketones is 2. The molecule has 9 fully saturated rings. The van der Waals surface area contributed by atoms with Gasteiger partial charge in [0, 0.05) is 45.0 Å². The molecule has 0 aliphatic heterocycles. The number of fused-ring (bicyclic) bond motifs is 14. The van der Waals surface area contributed by atoms with Crippen molar-refractivity contribution in [3.63, 3.8) is 0 Å². The van der Waals surface area contributed by atoms with Gasteiger partial charge in [0.15, 0.2) is 11.6 Å². The molecule has 20 atom stereocenters. The number of rotatable bonds is 2. The minimum Gasteiger partial charge on any atom is -0.481 e. The van der Waals surface area contributed by atoms with E-state index >= 15 is 0 Å². The quantitative estimate of drug-likeness (QED) is 0.155. The molecule has 9 saturated carbocycles. The number of hydrogen-bond acceptors (Lipinski definition) is 8. The van der Waals surface area contributed by atoms with Crippen molar-refractivity contribution in [2.75, 3.05) is 0 Å². The normalized spacial score (nSPS) is 51.9. The number of aliphatic carboxylic acids is 2. The molecule has 11 aliphatic carbocycles. The second-order valence-corrected chi connectivity index (χ2v) is 32.5. The van der Waals surface area contributed by atoms with E-state index in [1.165, 1.54) is 24.0 Å². The molecule has 0 bridgehead atoms. The zero-order chi connectivity index (χ0) is 56.2. The summed E-state index contributed by atoms with van der Waals surface area (Å²) in [6.07, 6.45) is 24.7. The van der Waals surface area contributed by atoms with E-state index in [0.29, 0.717) is 24.7 Å². The van der Waals surface area contributed by atoms with E-state index in [4.69, 9.17) is 11.5 Å². The molecule has 10 nitrogen and oxygen atoms in total. The van der Waals surface area contributed by atoms with Crippen LogP contribution in [0.3, 0.4) is 0 Å². The van der Waals surface area contributed by atoms with Crippen LogP contribution in [0, 0.1) is 100 Å². The number of hydrogen-bond donors (Lipinski definition) is 6. The summed E-state index contributed by atoms with van der Waals surface area (Å²) in [5, 5.41) is 41.8. The number of carbonyl (C=O) groups is 4. The van der Waals surface area contributed by atoms with Gasteiger partial charge in [-0.15, -0.1) is 0 Å². The van der Waals surface area contributed by atoms with Gasteiger partial charge in [-0.1, -0.05) is 107 Å². The minimum atomic E-state index is -0.711. The van der Waals surface area contributed by atoms with E-state index < -0.39 is 22.8 Å². The summed E-state index contributed by atoms with van der Waals surface area (Å²) in [5.74, 6) is 0.121. The van der Waals surface area contributed by atoms with Crippen molar-refractivity contribution >= 4 is 23.5 Å². The summed E-state index contributed by atoms with van der Waals surface area (Å²) in [4.78, 5) is 52.9. The first-order valence-corrected chi connectivity index (χ1v) is 30.8. The maximum absolute atomic E-state index is 14.2. The molecule has 0 saturated heterocycles. The predicted molar refractivity (Wildman–Crippen MR) is 301 cm³/mol. The Balaban J connectivity index is 0.000000176. The topological polar surface area (TPSA) is 201 Å². The molecule has 0 heterocycles. The van der Waals surface area contributed by atoms with E-state index in [2.05, 4.69) is 83.1 Å². The van der Waals surface area contributed by atoms with Crippen LogP contribution in [0.2, 0.25) is 0 Å². The average Bonchev–Trinajstić information content (AvgIpc) is 3.33. The van der Waals surface area contributed by atoms with Crippen molar-refractivity contribution in [2.24, 2.45) is 112 Å². The third-order valence-corrected chi connectivity index (χ3v) is 28.0. The third-order valence-electron chi connectivity index (χ3n) is 28.0. The van der Waals surface area contributed by atoms with E-state index in [9.17, 15) is 39.6 Å². The van der Waals surface area contributed by atoms with Crippen LogP contribution < -0.4 is 11.5 Å². The standard InChI is InChI=1S/2C30H46O4.C6H14N2.Pt/c2*1-25(2)21-8-11-30(7)23(28(21,5)10-9-22(25)32)20(31)16-18-19-17-27(4,24(33)34)13-12-26(19,3)14-15-29(18,30)6;7-5-3-1-2-4-6(5)8;/h2*16,19,21-23,32H,8-15,17H2,1-7H3,(H,33,34);5-6H,1-4,7-8H2;/t2*19-,21?,22-,23?,26+,27-,28-,29+,30+;5-,6-;/m001./s1. The molecule has 438 valence electrons. The summed E-state index contributed by atoms with van der Waals surface area (Å²) in [6, 6.07) is 0.562. The molecule has 0 radical (unpaired) electrons. The largest absolute Gasteiger partial charge is 0.481 e. The van der Waals surface area contributed by atoms with Crippen molar-refractivity contribution in [3.8, 4) is 0 Å². The molecular formula is C66H106N2O8Pt. The van der Waals surface area contributed by atoms with Crippen LogP contribution in [0.15, 0.2) is 23.3 Å². The fraction of sp³-hybridized carbons (Fsp3) is 0.879. The van der Waals surface area contributed by atoms with Crippen LogP contribution in [-0.2, 0) is 40.2 Å². The van der Waals surface area contributed by atoms with E-state index in [0.717, 1.165) is 116 Å². The summed E-state index contributed by atoms with van der Waals surface area (Å²) in [7, 11) is 0. The SMILES string of the molecule is CC1(C)C2CC[C@]3(C)C(C(=O)C=C4[C@@H]5C[C@@](C)(C(=O)O)CC[C@]5(C)CC[C@]43C)[C@@]2(C)CC[C@@H]1O.CC1(C)C2CC[C@]3(C)C(C(=O)C=C4[C@@H]5C[C@@](C)(C(=O)O)CC[C@]5(C)CC[C@]43C)[C@@]2(C)CC[C@@H]1O.N[C@@H]1CCCC[C@H]1N.[Pt]. The molecule has 0 amide bonds. The maximum atomic E-state index is 14.2. The Bertz CT molecular complexity index is 2270. The molecular weight excluding hydrogens is 1140 g/mol. The van der Waals surface area contributed by atoms with Crippen molar-refractivity contribution < 1.29 is 60.7 Å². The number of nitrogens with two attached hydrogens (primary N) is 2. The van der Waals surface area contributed by atoms with Crippen LogP contribution in [0.25, 0.3) is 0 Å². The van der Waals surface area contributed by atoms with Crippen LogP contribution in [0.4, 0.5) is 0 Å². The first-order chi connectivity index (χ1) is 34.9. The Hall–Kier alpha value is -1.71. The molecule has 11 aliphatic rings. The fourth-order valence-corrected chi connectivity index (χ4v) is 21.9. The summed E-state index contributed by atoms with van der Waals surface area (Å²) < 4.78 is 0. The molecule has 11 heteroatoms. The number of aliphatic hydroxyl groups excluding tert-OH is 2. The monoisotopic (exact) mass is 1250 g/mol. The predicted octanol–water partition coefficient (Wildman–Crippen LogP) is 13.0. The van der Waals surface area contributed by atoms with Gasteiger partial charge >= 0.3 is 11.9 Å². The van der Waals surface area contributed by atoms with Gasteiger partial charge in [-0.05, 0) is 232 Å². The Labute approximate surface area is 479 Å². The molecule has 0 aromatic carbocycles. The van der Waals surface area contributed by atoms with Gasteiger partial charge in [-0.2, -0.15) is 0 Å². The second kappa shape index (κ2) is 19.7. The number of carbonyl (C=O) groups excluding carboxylic acids is 2. The Morgan fingerprint density at radius 2 is 0.792 bits per heavy atom. The Morgan fingerprint density at radius 3 is 1.10 bits per heavy atom. The molecule has 0 aromatic heterocycles. The summed E-state index contributed by atoms with van der Waals surface area (Å²) in [6.45, 7) is 31.7. The van der Waals surface area contributed by atoms with Crippen molar-refractivity contribution in [3.05, 3.63) is 23.3 Å². The Morgan fingerprint density at radius 1 is 0.468 bits per heavy atom. The fourth-order valence-electron chi connectivity index (χ4n) is 21.9. The summed E-state index contributed by atoms with van der Waals surface area (Å²) >= 11 is 0. The second-order valence-electron chi connectivity index (χ2n) is 32.5. The van der Waals surface area contributed by atoms with Crippen LogP contribution in [0.1, 0.15) is 238 Å². The number of carboxylic acid groups (broad SMARTS) is 2. The van der Waals surface area contributed by atoms with Crippen molar-refractivity contribution in [1.82, 2.24) is 0 Å². The van der Waals surface area contributed by atoms with Gasteiger partial charge in [0.1, 0.15) is 0 Å². The van der Waals surface area contributed by atoms with E-state index in [-0.39, 0.29) is 135 Å². The summed E-state index contributed by atoms with van der Waals surface area (Å²) in [5.41, 5.74) is 11.6. The van der Waals surface area contributed by atoms with E-state index in [1.54, 1.807) is 0 Å². The number of carboxylic acids is 2. The van der Waals surface area contributed by atoms with E-state index in [1.807, 2.05) is 26.0 Å². The average molecular weight is 1250 g/mol. The smallest absolute Gasteiger partial charge is 0.309 e. The number of aliphatic hydroxyl groups is 2. The third kappa shape index (κ3) is 8.86.